The molecule has 1 fully saturated rings. The summed E-state index contributed by atoms with van der Waals surface area (Å²) in [6, 6.07) is 3.27. The second kappa shape index (κ2) is 10.2. The third kappa shape index (κ3) is 4.58. The Balaban J connectivity index is 1.89. The number of Topliss-reactive ketones (excluding diaryl/α,β-unsaturated/α-hetero) is 1. The van der Waals surface area contributed by atoms with Crippen LogP contribution in [0.2, 0.25) is 10.0 Å². The fourth-order valence-electron chi connectivity index (χ4n) is 4.07. The Morgan fingerprint density at radius 1 is 1.15 bits per heavy atom. The monoisotopic (exact) mass is 504 g/mol. The van der Waals surface area contributed by atoms with Crippen LogP contribution in [0.3, 0.4) is 0 Å². The summed E-state index contributed by atoms with van der Waals surface area (Å²) in [6.45, 7) is 5.02. The SMILES string of the molecule is CCCC(=O)c1c(N2CCN(C)CC2)oc2c(OC)ccc(C(=O)Nc3c(Cl)cncc3Cl)c12. The van der Waals surface area contributed by atoms with Gasteiger partial charge >= 0.3 is 0 Å². The van der Waals surface area contributed by atoms with E-state index in [1.54, 1.807) is 12.1 Å². The summed E-state index contributed by atoms with van der Waals surface area (Å²) < 4.78 is 11.8. The number of likely N-dealkylation sites (N-methyl/N-ethyl adjacent to an activating group) is 1. The van der Waals surface area contributed by atoms with Crippen molar-refractivity contribution in [3.8, 4) is 5.75 Å². The Kier molecular flexibility index (Phi) is 7.30. The molecule has 0 aliphatic carbocycles. The maximum absolute atomic E-state index is 13.4. The fraction of sp³-hybridized carbons (Fsp3) is 0.375. The van der Waals surface area contributed by atoms with Crippen molar-refractivity contribution in [3.63, 3.8) is 0 Å². The van der Waals surface area contributed by atoms with Crippen molar-refractivity contribution in [3.05, 3.63) is 45.7 Å². The van der Waals surface area contributed by atoms with Crippen LogP contribution in [0.25, 0.3) is 11.0 Å². The summed E-state index contributed by atoms with van der Waals surface area (Å²) >= 11 is 12.4. The summed E-state index contributed by atoms with van der Waals surface area (Å²) in [6.07, 6.45) is 3.79. The Morgan fingerprint density at radius 3 is 2.44 bits per heavy atom. The maximum Gasteiger partial charge on any atom is 0.256 e. The number of carbonyl (C=O) groups excluding carboxylic acids is 2. The van der Waals surface area contributed by atoms with Crippen LogP contribution in [-0.2, 0) is 0 Å². The van der Waals surface area contributed by atoms with E-state index >= 15 is 0 Å². The second-order valence-corrected chi connectivity index (χ2v) is 9.01. The van der Waals surface area contributed by atoms with Gasteiger partial charge in [-0.3, -0.25) is 14.6 Å². The Bertz CT molecular complexity index is 1220. The molecule has 8 nitrogen and oxygen atoms in total. The smallest absolute Gasteiger partial charge is 0.256 e. The third-order valence-electron chi connectivity index (χ3n) is 5.89. The summed E-state index contributed by atoms with van der Waals surface area (Å²) in [4.78, 5) is 35.0. The maximum atomic E-state index is 13.4. The molecule has 34 heavy (non-hydrogen) atoms. The molecule has 0 spiro atoms. The fourth-order valence-corrected chi connectivity index (χ4v) is 4.53. The number of fused-ring (bicyclic) bond motifs is 1. The molecule has 1 aliphatic heterocycles. The van der Waals surface area contributed by atoms with Crippen molar-refractivity contribution in [1.29, 1.82) is 0 Å². The van der Waals surface area contributed by atoms with Gasteiger partial charge in [0.2, 0.25) is 5.88 Å². The standard InChI is InChI=1S/C24H26Cl2N4O4/c1-4-5-17(31)20-19-14(23(32)28-21-15(25)12-27-13-16(21)26)6-7-18(33-3)22(19)34-24(20)30-10-8-29(2)9-11-30/h6-7,12-13H,4-5,8-11H2,1-3H3,(H,27,28,32). The van der Waals surface area contributed by atoms with E-state index in [0.717, 1.165) is 13.1 Å². The van der Waals surface area contributed by atoms with Crippen molar-refractivity contribution in [2.75, 3.05) is 50.6 Å². The highest BCUT2D eigenvalue weighted by atomic mass is 35.5. The van der Waals surface area contributed by atoms with E-state index in [4.69, 9.17) is 32.4 Å². The predicted octanol–water partition coefficient (Wildman–Crippen LogP) is 5.13. The number of benzene rings is 1. The van der Waals surface area contributed by atoms with Gasteiger partial charge in [0, 0.05) is 45.0 Å². The van der Waals surface area contributed by atoms with Gasteiger partial charge in [-0.25, -0.2) is 0 Å². The number of nitrogens with zero attached hydrogens (tertiary/aromatic N) is 3. The van der Waals surface area contributed by atoms with Gasteiger partial charge in [-0.2, -0.15) is 0 Å². The van der Waals surface area contributed by atoms with Gasteiger partial charge in [0.05, 0.1) is 39.4 Å². The van der Waals surface area contributed by atoms with E-state index in [0.29, 0.717) is 54.1 Å². The molecule has 0 bridgehead atoms. The van der Waals surface area contributed by atoms with Crippen LogP contribution in [0, 0.1) is 0 Å². The molecule has 10 heteroatoms. The molecule has 0 radical (unpaired) electrons. The van der Waals surface area contributed by atoms with Crippen LogP contribution in [-0.4, -0.2) is 61.9 Å². The highest BCUT2D eigenvalue weighted by Gasteiger charge is 2.31. The first-order chi connectivity index (χ1) is 16.3. The summed E-state index contributed by atoms with van der Waals surface area (Å²) in [5.74, 6) is 0.355. The lowest BCUT2D eigenvalue weighted by atomic mass is 9.99. The van der Waals surface area contributed by atoms with Gasteiger partial charge in [-0.05, 0) is 25.6 Å². The topological polar surface area (TPSA) is 87.9 Å². The normalized spacial score (nSPS) is 14.4. The predicted molar refractivity (Wildman–Crippen MR) is 134 cm³/mol. The largest absolute Gasteiger partial charge is 0.493 e. The van der Waals surface area contributed by atoms with Crippen molar-refractivity contribution in [2.45, 2.75) is 19.8 Å². The number of carbonyl (C=O) groups is 2. The van der Waals surface area contributed by atoms with Gasteiger partial charge < -0.3 is 24.3 Å². The average molecular weight is 505 g/mol. The minimum atomic E-state index is -0.473. The number of methoxy groups -OCH3 is 1. The molecule has 1 amide bonds. The zero-order valence-electron chi connectivity index (χ0n) is 19.3. The molecular formula is C24H26Cl2N4O4. The first-order valence-electron chi connectivity index (χ1n) is 11.1. The van der Waals surface area contributed by atoms with Crippen LogP contribution >= 0.6 is 23.2 Å². The molecular weight excluding hydrogens is 479 g/mol. The van der Waals surface area contributed by atoms with Crippen molar-refractivity contribution in [1.82, 2.24) is 9.88 Å². The highest BCUT2D eigenvalue weighted by Crippen LogP contribution is 2.41. The van der Waals surface area contributed by atoms with Crippen LogP contribution in [0.15, 0.2) is 28.9 Å². The van der Waals surface area contributed by atoms with Crippen LogP contribution in [0.4, 0.5) is 11.6 Å². The number of anilines is 2. The lowest BCUT2D eigenvalue weighted by molar-refractivity contribution is 0.0982. The number of nitrogens with one attached hydrogen (secondary N) is 1. The van der Waals surface area contributed by atoms with E-state index in [2.05, 4.69) is 27.1 Å². The molecule has 3 aromatic rings. The average Bonchev–Trinajstić information content (AvgIpc) is 3.22. The lowest BCUT2D eigenvalue weighted by Gasteiger charge is -2.32. The summed E-state index contributed by atoms with van der Waals surface area (Å²) in [5, 5.41) is 3.60. The molecule has 1 aromatic carbocycles. The van der Waals surface area contributed by atoms with E-state index < -0.39 is 5.91 Å². The molecule has 3 heterocycles. The molecule has 180 valence electrons. The van der Waals surface area contributed by atoms with E-state index in [9.17, 15) is 9.59 Å². The number of piperazine rings is 1. The minimum Gasteiger partial charge on any atom is -0.493 e. The number of ether oxygens (including phenoxy) is 1. The van der Waals surface area contributed by atoms with Gasteiger partial charge in [0.25, 0.3) is 5.91 Å². The number of aromatic nitrogens is 1. The van der Waals surface area contributed by atoms with Crippen LogP contribution < -0.4 is 15.0 Å². The number of hydrogen-bond donors (Lipinski definition) is 1. The number of hydrogen-bond acceptors (Lipinski definition) is 7. The molecule has 4 rings (SSSR count). The molecule has 1 saturated heterocycles. The molecule has 2 aromatic heterocycles. The van der Waals surface area contributed by atoms with E-state index in [1.807, 2.05) is 6.92 Å². The van der Waals surface area contributed by atoms with Gasteiger partial charge in [-0.15, -0.1) is 0 Å². The van der Waals surface area contributed by atoms with Crippen LogP contribution in [0.1, 0.15) is 40.5 Å². The summed E-state index contributed by atoms with van der Waals surface area (Å²) in [7, 11) is 3.58. The highest BCUT2D eigenvalue weighted by molar-refractivity contribution is 6.40. The number of furan rings is 1. The molecule has 0 unspecified atom stereocenters. The third-order valence-corrected chi connectivity index (χ3v) is 6.46. The number of rotatable bonds is 7. The molecule has 1 aliphatic rings. The Morgan fingerprint density at radius 2 is 1.82 bits per heavy atom. The quantitative estimate of drug-likeness (QED) is 0.446. The summed E-state index contributed by atoms with van der Waals surface area (Å²) in [5.41, 5.74) is 1.27. The molecule has 1 N–H and O–H groups in total. The number of pyridine rings is 1. The van der Waals surface area contributed by atoms with Crippen molar-refractivity contribution >= 4 is 57.4 Å². The van der Waals surface area contributed by atoms with E-state index in [-0.39, 0.29) is 27.1 Å². The number of amides is 1. The van der Waals surface area contributed by atoms with Gasteiger partial charge in [-0.1, -0.05) is 30.1 Å². The second-order valence-electron chi connectivity index (χ2n) is 8.20. The lowest BCUT2D eigenvalue weighted by Crippen LogP contribution is -2.44. The first-order valence-corrected chi connectivity index (χ1v) is 11.8. The van der Waals surface area contributed by atoms with Crippen LogP contribution in [0.5, 0.6) is 5.75 Å². The van der Waals surface area contributed by atoms with Gasteiger partial charge in [0.1, 0.15) is 0 Å². The van der Waals surface area contributed by atoms with Crippen molar-refractivity contribution < 1.29 is 18.7 Å². The zero-order chi connectivity index (χ0) is 24.4. The number of halogens is 2. The Labute approximate surface area is 207 Å². The Hall–Kier alpha value is -2.81. The van der Waals surface area contributed by atoms with E-state index in [1.165, 1.54) is 19.5 Å². The molecule has 0 atom stereocenters. The zero-order valence-corrected chi connectivity index (χ0v) is 20.8. The van der Waals surface area contributed by atoms with Crippen molar-refractivity contribution in [2.24, 2.45) is 0 Å². The first kappa shape index (κ1) is 24.3. The number of ketones is 1. The molecule has 0 saturated carbocycles. The van der Waals surface area contributed by atoms with Gasteiger partial charge in [0.15, 0.2) is 17.1 Å². The minimum absolute atomic E-state index is 0.0857.